The van der Waals surface area contributed by atoms with Gasteiger partial charge in [0.25, 0.3) is 0 Å². The highest BCUT2D eigenvalue weighted by molar-refractivity contribution is 6.30. The van der Waals surface area contributed by atoms with Gasteiger partial charge in [0.05, 0.1) is 19.0 Å². The Balaban J connectivity index is 2.82. The molecule has 1 unspecified atom stereocenters. The van der Waals surface area contributed by atoms with E-state index in [0.29, 0.717) is 10.6 Å². The van der Waals surface area contributed by atoms with E-state index in [-0.39, 0.29) is 6.54 Å². The smallest absolute Gasteiger partial charge is 0.297 e. The molecule has 1 atom stereocenters. The van der Waals surface area contributed by atoms with Crippen LogP contribution in [0.4, 0.5) is 13.2 Å². The molecule has 0 heterocycles. The molecule has 6 heteroatoms. The molecular weight excluding hydrogens is 253 g/mol. The Hall–Kier alpha value is -1.25. The molecule has 0 saturated heterocycles. The van der Waals surface area contributed by atoms with Gasteiger partial charge in [0.15, 0.2) is 0 Å². The normalized spacial score (nSPS) is 13.1. The molecule has 1 N–H and O–H groups in total. The predicted molar refractivity (Wildman–Crippen MR) is 58.5 cm³/mol. The summed E-state index contributed by atoms with van der Waals surface area (Å²) < 4.78 is 37.0. The molecule has 0 amide bonds. The Morgan fingerprint density at radius 3 is 2.35 bits per heavy atom. The average molecular weight is 263 g/mol. The number of rotatable bonds is 4. The van der Waals surface area contributed by atoms with Crippen LogP contribution in [0.1, 0.15) is 18.0 Å². The zero-order chi connectivity index (χ0) is 12.9. The third kappa shape index (κ3) is 5.07. The molecule has 0 bridgehead atoms. The third-order valence-electron chi connectivity index (χ3n) is 2.14. The fourth-order valence-corrected chi connectivity index (χ4v) is 1.53. The van der Waals surface area contributed by atoms with Crippen molar-refractivity contribution in [1.29, 1.82) is 5.26 Å². The van der Waals surface area contributed by atoms with Gasteiger partial charge in [-0.3, -0.25) is 5.32 Å². The van der Waals surface area contributed by atoms with Crippen LogP contribution in [0.3, 0.4) is 0 Å². The second-order valence-corrected chi connectivity index (χ2v) is 3.90. The highest BCUT2D eigenvalue weighted by Gasteiger charge is 2.32. The second-order valence-electron chi connectivity index (χ2n) is 3.46. The number of halogens is 4. The first-order valence-electron chi connectivity index (χ1n) is 4.85. The van der Waals surface area contributed by atoms with Gasteiger partial charge in [0.2, 0.25) is 0 Å². The van der Waals surface area contributed by atoms with E-state index >= 15 is 0 Å². The Kier molecular flexibility index (Phi) is 4.79. The fraction of sp³-hybridized carbons (Fsp3) is 0.364. The van der Waals surface area contributed by atoms with Crippen LogP contribution < -0.4 is 5.32 Å². The van der Waals surface area contributed by atoms with E-state index in [1.54, 1.807) is 6.07 Å². The lowest BCUT2D eigenvalue weighted by Gasteiger charge is -2.19. The Morgan fingerprint density at radius 2 is 1.88 bits per heavy atom. The average Bonchev–Trinajstić information content (AvgIpc) is 2.24. The van der Waals surface area contributed by atoms with Crippen LogP contribution in [0.2, 0.25) is 5.02 Å². The van der Waals surface area contributed by atoms with Gasteiger partial charge in [-0.1, -0.05) is 23.7 Å². The minimum Gasteiger partial charge on any atom is -0.297 e. The van der Waals surface area contributed by atoms with Gasteiger partial charge in [0, 0.05) is 11.1 Å². The molecule has 0 aliphatic heterocycles. The Labute approximate surface area is 102 Å². The molecule has 92 valence electrons. The highest BCUT2D eigenvalue weighted by atomic mass is 35.5. The number of nitriles is 1. The number of hydrogen-bond acceptors (Lipinski definition) is 2. The Bertz CT molecular complexity index is 395. The largest absolute Gasteiger partial charge is 0.390 e. The molecule has 0 saturated carbocycles. The summed E-state index contributed by atoms with van der Waals surface area (Å²) in [7, 11) is 0. The number of benzene rings is 1. The third-order valence-corrected chi connectivity index (χ3v) is 2.39. The Morgan fingerprint density at radius 1 is 1.29 bits per heavy atom. The first-order chi connectivity index (χ1) is 7.92. The van der Waals surface area contributed by atoms with E-state index in [1.165, 1.54) is 24.3 Å². The van der Waals surface area contributed by atoms with Crippen molar-refractivity contribution in [2.24, 2.45) is 0 Å². The number of nitrogens with zero attached hydrogens (tertiary/aromatic N) is 1. The van der Waals surface area contributed by atoms with Crippen molar-refractivity contribution < 1.29 is 13.2 Å². The molecule has 1 aromatic carbocycles. The fourth-order valence-electron chi connectivity index (χ4n) is 1.40. The van der Waals surface area contributed by atoms with Crippen molar-refractivity contribution in [3.8, 4) is 6.07 Å². The summed E-state index contributed by atoms with van der Waals surface area (Å²) in [5.74, 6) is 0. The molecule has 1 rings (SSSR count). The van der Waals surface area contributed by atoms with Crippen molar-refractivity contribution in [1.82, 2.24) is 5.32 Å². The van der Waals surface area contributed by atoms with Gasteiger partial charge < -0.3 is 0 Å². The molecule has 1 aromatic rings. The first-order valence-corrected chi connectivity index (χ1v) is 5.23. The minimum atomic E-state index is -4.28. The number of nitrogens with one attached hydrogen (secondary N) is 1. The van der Waals surface area contributed by atoms with E-state index in [1.807, 2.05) is 0 Å². The van der Waals surface area contributed by atoms with E-state index in [0.717, 1.165) is 0 Å². The van der Waals surface area contributed by atoms with Crippen LogP contribution >= 0.6 is 11.6 Å². The lowest BCUT2D eigenvalue weighted by atomic mass is 10.0. The maximum absolute atomic E-state index is 12.3. The molecule has 0 aliphatic carbocycles. The molecule has 0 fully saturated rings. The van der Waals surface area contributed by atoms with E-state index in [2.05, 4.69) is 5.32 Å². The van der Waals surface area contributed by atoms with Crippen LogP contribution in [0.5, 0.6) is 0 Å². The van der Waals surface area contributed by atoms with Crippen LogP contribution in [0.15, 0.2) is 24.3 Å². The lowest BCUT2D eigenvalue weighted by Crippen LogP contribution is -2.27. The standard InChI is InChI=1S/C11H10ClF3N2/c12-9-3-1-8(2-4-9)10(17-6-5-16)7-11(13,14)15/h1-4,10,17H,6-7H2. The van der Waals surface area contributed by atoms with Gasteiger partial charge in [-0.15, -0.1) is 0 Å². The van der Waals surface area contributed by atoms with Crippen molar-refractivity contribution >= 4 is 11.6 Å². The molecule has 0 aromatic heterocycles. The van der Waals surface area contributed by atoms with Crippen molar-refractivity contribution in [2.45, 2.75) is 18.6 Å². The summed E-state index contributed by atoms with van der Waals surface area (Å²) in [5, 5.41) is 11.4. The molecule has 0 spiro atoms. The summed E-state index contributed by atoms with van der Waals surface area (Å²) in [6.07, 6.45) is -5.30. The summed E-state index contributed by atoms with van der Waals surface area (Å²) in [6, 6.07) is 6.91. The highest BCUT2D eigenvalue weighted by Crippen LogP contribution is 2.29. The van der Waals surface area contributed by atoms with Crippen LogP contribution in [0.25, 0.3) is 0 Å². The van der Waals surface area contributed by atoms with Gasteiger partial charge in [-0.25, -0.2) is 0 Å². The first kappa shape index (κ1) is 13.8. The summed E-state index contributed by atoms with van der Waals surface area (Å²) >= 11 is 5.66. The van der Waals surface area contributed by atoms with Crippen molar-refractivity contribution in [2.75, 3.05) is 6.54 Å². The SMILES string of the molecule is N#CCNC(CC(F)(F)F)c1ccc(Cl)cc1. The van der Waals surface area contributed by atoms with E-state index in [9.17, 15) is 13.2 Å². The molecular formula is C11H10ClF3N2. The van der Waals surface area contributed by atoms with Crippen LogP contribution in [-0.2, 0) is 0 Å². The minimum absolute atomic E-state index is 0.136. The van der Waals surface area contributed by atoms with Crippen LogP contribution in [-0.4, -0.2) is 12.7 Å². The van der Waals surface area contributed by atoms with E-state index in [4.69, 9.17) is 16.9 Å². The second kappa shape index (κ2) is 5.89. The summed E-state index contributed by atoms with van der Waals surface area (Å²) in [6.45, 7) is -0.136. The zero-order valence-electron chi connectivity index (χ0n) is 8.76. The number of alkyl halides is 3. The molecule has 17 heavy (non-hydrogen) atoms. The maximum atomic E-state index is 12.3. The topological polar surface area (TPSA) is 35.8 Å². The number of hydrogen-bond donors (Lipinski definition) is 1. The molecule has 0 radical (unpaired) electrons. The lowest BCUT2D eigenvalue weighted by molar-refractivity contribution is -0.140. The summed E-state index contributed by atoms with van der Waals surface area (Å²) in [4.78, 5) is 0. The molecule has 2 nitrogen and oxygen atoms in total. The van der Waals surface area contributed by atoms with Gasteiger partial charge >= 0.3 is 6.18 Å². The monoisotopic (exact) mass is 262 g/mol. The predicted octanol–water partition coefficient (Wildman–Crippen LogP) is 3.45. The van der Waals surface area contributed by atoms with Crippen molar-refractivity contribution in [3.63, 3.8) is 0 Å². The van der Waals surface area contributed by atoms with Crippen molar-refractivity contribution in [3.05, 3.63) is 34.9 Å². The van der Waals surface area contributed by atoms with Gasteiger partial charge in [-0.2, -0.15) is 18.4 Å². The van der Waals surface area contributed by atoms with Gasteiger partial charge in [0.1, 0.15) is 0 Å². The molecule has 0 aliphatic rings. The summed E-state index contributed by atoms with van der Waals surface area (Å²) in [5.41, 5.74) is 0.460. The quantitative estimate of drug-likeness (QED) is 0.844. The maximum Gasteiger partial charge on any atom is 0.390 e. The van der Waals surface area contributed by atoms with Gasteiger partial charge in [-0.05, 0) is 17.7 Å². The van der Waals surface area contributed by atoms with E-state index < -0.39 is 18.6 Å². The zero-order valence-corrected chi connectivity index (χ0v) is 9.52. The van der Waals surface area contributed by atoms with Crippen LogP contribution in [0, 0.1) is 11.3 Å².